The van der Waals surface area contributed by atoms with Crippen molar-refractivity contribution in [3.8, 4) is 0 Å². The number of hydrazine groups is 1. The number of nitrogens with two attached hydrogens (primary N) is 1. The van der Waals surface area contributed by atoms with Crippen molar-refractivity contribution in [1.29, 1.82) is 0 Å². The fraction of sp³-hybridized carbons (Fsp3) is 1.00. The van der Waals surface area contributed by atoms with Crippen LogP contribution in [0.25, 0.3) is 0 Å². The Morgan fingerprint density at radius 1 is 1.33 bits per heavy atom. The lowest BCUT2D eigenvalue weighted by Crippen LogP contribution is -2.46. The average molecular weight is 236 g/mol. The molecule has 0 saturated carbocycles. The zero-order chi connectivity index (χ0) is 12.1. The predicted octanol–water partition coefficient (Wildman–Crippen LogP) is 1.08. The van der Waals surface area contributed by atoms with Crippen LogP contribution in [0, 0.1) is 5.92 Å². The van der Waals surface area contributed by atoms with Gasteiger partial charge in [-0.05, 0) is 19.3 Å². The molecule has 0 aromatic carbocycles. The third kappa shape index (κ3) is 5.49. The van der Waals surface area contributed by atoms with Gasteiger partial charge in [-0.2, -0.15) is 0 Å². The smallest absolute Gasteiger partial charge is 0.151 e. The van der Waals surface area contributed by atoms with Crippen molar-refractivity contribution in [2.24, 2.45) is 11.8 Å². The Kier molecular flexibility index (Phi) is 6.40. The minimum absolute atomic E-state index is 0.151. The first-order valence-corrected chi connectivity index (χ1v) is 7.43. The van der Waals surface area contributed by atoms with Crippen LogP contribution in [0.1, 0.15) is 40.0 Å². The van der Waals surface area contributed by atoms with Gasteiger partial charge in [0, 0.05) is 12.3 Å². The van der Waals surface area contributed by atoms with Crippen molar-refractivity contribution in [3.05, 3.63) is 0 Å². The van der Waals surface area contributed by atoms with Gasteiger partial charge in [-0.3, -0.25) is 11.3 Å². The molecule has 3 N–H and O–H groups in total. The van der Waals surface area contributed by atoms with Crippen molar-refractivity contribution >= 4 is 9.84 Å². The van der Waals surface area contributed by atoms with Gasteiger partial charge in [-0.25, -0.2) is 8.42 Å². The molecule has 0 fully saturated rings. The van der Waals surface area contributed by atoms with E-state index in [9.17, 15) is 8.42 Å². The molecule has 0 spiro atoms. The Morgan fingerprint density at radius 2 is 1.87 bits per heavy atom. The molecule has 92 valence electrons. The van der Waals surface area contributed by atoms with E-state index in [1.807, 2.05) is 0 Å². The molecule has 0 aliphatic heterocycles. The van der Waals surface area contributed by atoms with Crippen LogP contribution in [-0.2, 0) is 9.84 Å². The van der Waals surface area contributed by atoms with Crippen LogP contribution in [0.3, 0.4) is 0 Å². The van der Waals surface area contributed by atoms with Crippen LogP contribution in [-0.4, -0.2) is 26.0 Å². The van der Waals surface area contributed by atoms with E-state index in [0.717, 1.165) is 19.3 Å². The van der Waals surface area contributed by atoms with E-state index in [1.165, 1.54) is 6.26 Å². The Morgan fingerprint density at radius 3 is 2.20 bits per heavy atom. The largest absolute Gasteiger partial charge is 0.271 e. The van der Waals surface area contributed by atoms with E-state index in [2.05, 4.69) is 19.3 Å². The zero-order valence-corrected chi connectivity index (χ0v) is 11.0. The molecule has 0 aromatic rings. The first-order valence-electron chi connectivity index (χ1n) is 5.47. The highest BCUT2D eigenvalue weighted by molar-refractivity contribution is 7.91. The van der Waals surface area contributed by atoms with Gasteiger partial charge in [-0.15, -0.1) is 0 Å². The summed E-state index contributed by atoms with van der Waals surface area (Å²) in [5.74, 6) is 5.90. The van der Waals surface area contributed by atoms with Gasteiger partial charge in [0.1, 0.15) is 0 Å². The average Bonchev–Trinajstić information content (AvgIpc) is 2.12. The highest BCUT2D eigenvalue weighted by Gasteiger charge is 2.26. The molecule has 0 aliphatic rings. The van der Waals surface area contributed by atoms with Crippen LogP contribution in [0.4, 0.5) is 0 Å². The molecule has 0 heterocycles. The van der Waals surface area contributed by atoms with Crippen LogP contribution in [0.5, 0.6) is 0 Å². The summed E-state index contributed by atoms with van der Waals surface area (Å²) in [7, 11) is -3.02. The van der Waals surface area contributed by atoms with Crippen LogP contribution < -0.4 is 11.3 Å². The molecule has 3 unspecified atom stereocenters. The minimum atomic E-state index is -3.02. The summed E-state index contributed by atoms with van der Waals surface area (Å²) in [6.45, 7) is 5.96. The monoisotopic (exact) mass is 236 g/mol. The second-order valence-corrected chi connectivity index (χ2v) is 6.84. The second-order valence-electron chi connectivity index (χ2n) is 4.44. The summed E-state index contributed by atoms with van der Waals surface area (Å²) in [5, 5.41) is -0.429. The van der Waals surface area contributed by atoms with Gasteiger partial charge in [0.15, 0.2) is 9.84 Å². The maximum atomic E-state index is 11.4. The van der Waals surface area contributed by atoms with Crippen LogP contribution >= 0.6 is 0 Å². The fourth-order valence-corrected chi connectivity index (χ4v) is 2.52. The molecule has 0 aromatic heterocycles. The molecule has 0 radical (unpaired) electrons. The first kappa shape index (κ1) is 14.9. The molecular formula is C10H24N2O2S. The van der Waals surface area contributed by atoms with Crippen LogP contribution in [0.2, 0.25) is 0 Å². The van der Waals surface area contributed by atoms with Gasteiger partial charge >= 0.3 is 0 Å². The number of nitrogens with one attached hydrogen (secondary N) is 1. The highest BCUT2D eigenvalue weighted by atomic mass is 32.2. The zero-order valence-electron chi connectivity index (χ0n) is 10.2. The standard InChI is InChI=1S/C10H24N2O2S/c1-5-6-8(2)7-10(12-11)9(3)15(4,13)14/h8-10,12H,5-7,11H2,1-4H3. The lowest BCUT2D eigenvalue weighted by molar-refractivity contribution is 0.378. The molecule has 15 heavy (non-hydrogen) atoms. The first-order chi connectivity index (χ1) is 6.82. The van der Waals surface area contributed by atoms with E-state index in [4.69, 9.17) is 5.84 Å². The Bertz CT molecular complexity index is 265. The number of hydrogen-bond donors (Lipinski definition) is 2. The third-order valence-corrected chi connectivity index (χ3v) is 4.57. The molecular weight excluding hydrogens is 212 g/mol. The van der Waals surface area contributed by atoms with Gasteiger partial charge in [0.25, 0.3) is 0 Å². The molecule has 4 nitrogen and oxygen atoms in total. The minimum Gasteiger partial charge on any atom is -0.271 e. The van der Waals surface area contributed by atoms with Crippen molar-refractivity contribution in [3.63, 3.8) is 0 Å². The maximum Gasteiger partial charge on any atom is 0.151 e. The summed E-state index contributed by atoms with van der Waals surface area (Å²) in [4.78, 5) is 0. The second kappa shape index (κ2) is 6.45. The number of hydrogen-bond acceptors (Lipinski definition) is 4. The molecule has 0 saturated heterocycles. The highest BCUT2D eigenvalue weighted by Crippen LogP contribution is 2.17. The molecule has 0 amide bonds. The molecule has 3 atom stereocenters. The van der Waals surface area contributed by atoms with Gasteiger partial charge in [-0.1, -0.05) is 26.7 Å². The van der Waals surface area contributed by atoms with E-state index in [-0.39, 0.29) is 6.04 Å². The Hall–Kier alpha value is -0.130. The third-order valence-electron chi connectivity index (χ3n) is 2.89. The van der Waals surface area contributed by atoms with Gasteiger partial charge in [0.2, 0.25) is 0 Å². The molecule has 0 aliphatic carbocycles. The van der Waals surface area contributed by atoms with Crippen molar-refractivity contribution in [2.75, 3.05) is 6.26 Å². The maximum absolute atomic E-state index is 11.4. The van der Waals surface area contributed by atoms with E-state index < -0.39 is 15.1 Å². The topological polar surface area (TPSA) is 72.2 Å². The van der Waals surface area contributed by atoms with Crippen molar-refractivity contribution in [1.82, 2.24) is 5.43 Å². The van der Waals surface area contributed by atoms with E-state index in [0.29, 0.717) is 5.92 Å². The Labute approximate surface area is 93.5 Å². The molecule has 0 bridgehead atoms. The van der Waals surface area contributed by atoms with E-state index >= 15 is 0 Å². The predicted molar refractivity (Wildman–Crippen MR) is 64.1 cm³/mol. The summed E-state index contributed by atoms with van der Waals surface area (Å²) in [5.41, 5.74) is 2.62. The normalized spacial score (nSPS) is 18.5. The summed E-state index contributed by atoms with van der Waals surface area (Å²) >= 11 is 0. The molecule has 0 rings (SSSR count). The summed E-state index contributed by atoms with van der Waals surface area (Å²) < 4.78 is 22.8. The quantitative estimate of drug-likeness (QED) is 0.512. The number of rotatable bonds is 7. The van der Waals surface area contributed by atoms with Crippen molar-refractivity contribution < 1.29 is 8.42 Å². The van der Waals surface area contributed by atoms with E-state index in [1.54, 1.807) is 6.92 Å². The SMILES string of the molecule is CCCC(C)CC(NN)C(C)S(C)(=O)=O. The van der Waals surface area contributed by atoms with Gasteiger partial charge < -0.3 is 0 Å². The summed E-state index contributed by atoms with van der Waals surface area (Å²) in [6.07, 6.45) is 4.28. The lowest BCUT2D eigenvalue weighted by Gasteiger charge is -2.24. The molecule has 5 heteroatoms. The van der Waals surface area contributed by atoms with Crippen LogP contribution in [0.15, 0.2) is 0 Å². The fourth-order valence-electron chi connectivity index (χ4n) is 1.74. The van der Waals surface area contributed by atoms with Gasteiger partial charge in [0.05, 0.1) is 5.25 Å². The summed E-state index contributed by atoms with van der Waals surface area (Å²) in [6, 6.07) is -0.151. The lowest BCUT2D eigenvalue weighted by atomic mass is 9.96. The Balaban J connectivity index is 4.37. The van der Waals surface area contributed by atoms with Crippen molar-refractivity contribution in [2.45, 2.75) is 51.3 Å². The number of sulfone groups is 1.